The summed E-state index contributed by atoms with van der Waals surface area (Å²) in [7, 11) is 0. The van der Waals surface area contributed by atoms with E-state index in [-0.39, 0.29) is 0 Å². The number of benzene rings is 1. The highest BCUT2D eigenvalue weighted by Gasteiger charge is 2.16. The zero-order chi connectivity index (χ0) is 17.3. The molecule has 0 aliphatic heterocycles. The lowest BCUT2D eigenvalue weighted by atomic mass is 10.1. The Morgan fingerprint density at radius 1 is 1.25 bits per heavy atom. The molecule has 6 heteroatoms. The third kappa shape index (κ3) is 3.87. The summed E-state index contributed by atoms with van der Waals surface area (Å²) in [5.74, 6) is 0. The fraction of sp³-hybridized carbons (Fsp3) is 0.222. The number of aromatic amines is 1. The van der Waals surface area contributed by atoms with Crippen molar-refractivity contribution in [3.05, 3.63) is 46.3 Å². The Balaban J connectivity index is 1.86. The molecule has 2 heterocycles. The van der Waals surface area contributed by atoms with Gasteiger partial charge in [0.25, 0.3) is 0 Å². The molecule has 0 radical (unpaired) electrons. The molecule has 24 heavy (non-hydrogen) atoms. The van der Waals surface area contributed by atoms with E-state index in [1.807, 2.05) is 57.4 Å². The molecule has 0 saturated carbocycles. The van der Waals surface area contributed by atoms with Gasteiger partial charge in [-0.2, -0.15) is 0 Å². The zero-order valence-electron chi connectivity index (χ0n) is 13.7. The molecule has 0 unspecified atom stereocenters. The summed E-state index contributed by atoms with van der Waals surface area (Å²) in [6.45, 7) is 5.51. The maximum Gasteiger partial charge on any atom is 0.412 e. The van der Waals surface area contributed by atoms with Gasteiger partial charge in [-0.05, 0) is 67.1 Å². The van der Waals surface area contributed by atoms with Crippen LogP contribution >= 0.6 is 22.6 Å². The fourth-order valence-electron chi connectivity index (χ4n) is 2.33. The van der Waals surface area contributed by atoms with Gasteiger partial charge in [0.1, 0.15) is 11.2 Å². The number of nitrogens with zero attached hydrogens (tertiary/aromatic N) is 1. The fourth-order valence-corrected chi connectivity index (χ4v) is 2.89. The first-order valence-corrected chi connectivity index (χ1v) is 8.63. The smallest absolute Gasteiger partial charge is 0.412 e. The van der Waals surface area contributed by atoms with Crippen LogP contribution in [0.2, 0.25) is 0 Å². The van der Waals surface area contributed by atoms with E-state index >= 15 is 0 Å². The molecule has 0 atom stereocenters. The highest BCUT2D eigenvalue weighted by Crippen LogP contribution is 2.27. The van der Waals surface area contributed by atoms with Crippen molar-refractivity contribution in [1.29, 1.82) is 0 Å². The second-order valence-corrected chi connectivity index (χ2v) is 7.63. The van der Waals surface area contributed by atoms with Crippen molar-refractivity contribution in [3.63, 3.8) is 0 Å². The predicted molar refractivity (Wildman–Crippen MR) is 104 cm³/mol. The van der Waals surface area contributed by atoms with Crippen molar-refractivity contribution in [3.8, 4) is 11.1 Å². The van der Waals surface area contributed by atoms with Gasteiger partial charge in [0, 0.05) is 32.6 Å². The first kappa shape index (κ1) is 16.8. The molecular weight excluding hydrogens is 417 g/mol. The molecule has 0 saturated heterocycles. The van der Waals surface area contributed by atoms with Crippen LogP contribution in [-0.4, -0.2) is 21.7 Å². The number of aromatic nitrogens is 2. The van der Waals surface area contributed by atoms with Gasteiger partial charge in [-0.25, -0.2) is 9.78 Å². The molecule has 3 aromatic rings. The molecule has 2 N–H and O–H groups in total. The summed E-state index contributed by atoms with van der Waals surface area (Å²) in [4.78, 5) is 19.5. The average Bonchev–Trinajstić information content (AvgIpc) is 2.86. The molecule has 3 rings (SSSR count). The molecule has 0 aliphatic rings. The lowest BCUT2D eigenvalue weighted by molar-refractivity contribution is 0.0636. The first-order chi connectivity index (χ1) is 11.3. The van der Waals surface area contributed by atoms with Crippen LogP contribution in [0.25, 0.3) is 22.2 Å². The lowest BCUT2D eigenvalue weighted by Crippen LogP contribution is -2.27. The van der Waals surface area contributed by atoms with E-state index in [4.69, 9.17) is 4.74 Å². The van der Waals surface area contributed by atoms with Gasteiger partial charge in [-0.15, -0.1) is 0 Å². The highest BCUT2D eigenvalue weighted by atomic mass is 127. The number of anilines is 1. The number of pyridine rings is 1. The number of nitrogens with one attached hydrogen (secondary N) is 2. The number of carbonyl (C=O) groups excluding carboxylic acids is 1. The van der Waals surface area contributed by atoms with E-state index in [1.54, 1.807) is 0 Å². The van der Waals surface area contributed by atoms with E-state index in [1.165, 1.54) is 0 Å². The van der Waals surface area contributed by atoms with Crippen LogP contribution in [0.3, 0.4) is 0 Å². The van der Waals surface area contributed by atoms with Gasteiger partial charge in [-0.1, -0.05) is 12.1 Å². The summed E-state index contributed by atoms with van der Waals surface area (Å²) < 4.78 is 6.41. The van der Waals surface area contributed by atoms with Crippen molar-refractivity contribution in [2.45, 2.75) is 26.4 Å². The number of amides is 1. The van der Waals surface area contributed by atoms with Crippen molar-refractivity contribution in [2.24, 2.45) is 0 Å². The quantitative estimate of drug-likeness (QED) is 0.545. The van der Waals surface area contributed by atoms with E-state index < -0.39 is 11.7 Å². The minimum absolute atomic E-state index is 0.464. The number of halogens is 1. The standard InChI is InChI=1S/C18H18IN3O2/c1-18(2,3)24-17(23)22-13-6-4-5-11(7-13)12-8-14-15(19)10-21-16(14)20-9-12/h4-10H,1-3H3,(H,20,21)(H,22,23). The van der Waals surface area contributed by atoms with Crippen LogP contribution in [-0.2, 0) is 4.74 Å². The Kier molecular flexibility index (Phi) is 4.49. The number of fused-ring (bicyclic) bond motifs is 1. The van der Waals surface area contributed by atoms with Gasteiger partial charge >= 0.3 is 6.09 Å². The number of rotatable bonds is 2. The molecule has 0 spiro atoms. The van der Waals surface area contributed by atoms with Gasteiger partial charge in [0.15, 0.2) is 0 Å². The number of carbonyl (C=O) groups is 1. The van der Waals surface area contributed by atoms with Gasteiger partial charge < -0.3 is 9.72 Å². The summed E-state index contributed by atoms with van der Waals surface area (Å²) in [5, 5.41) is 3.84. The van der Waals surface area contributed by atoms with Gasteiger partial charge in [0.2, 0.25) is 0 Å². The minimum atomic E-state index is -0.526. The zero-order valence-corrected chi connectivity index (χ0v) is 15.8. The summed E-state index contributed by atoms with van der Waals surface area (Å²) in [5.41, 5.74) is 3.00. The predicted octanol–water partition coefficient (Wildman–Crippen LogP) is 5.18. The number of ether oxygens (including phenoxy) is 1. The Morgan fingerprint density at radius 3 is 2.79 bits per heavy atom. The summed E-state index contributed by atoms with van der Waals surface area (Å²) in [6.07, 6.45) is 3.29. The Bertz CT molecular complexity index is 897. The van der Waals surface area contributed by atoms with Crippen LogP contribution in [0, 0.1) is 3.57 Å². The molecule has 124 valence electrons. The normalized spacial score (nSPS) is 11.5. The van der Waals surface area contributed by atoms with Gasteiger partial charge in [-0.3, -0.25) is 5.32 Å². The topological polar surface area (TPSA) is 67.0 Å². The SMILES string of the molecule is CC(C)(C)OC(=O)Nc1cccc(-c2cnc3[nH]cc(I)c3c2)c1. The molecule has 1 aromatic carbocycles. The molecule has 0 aliphatic carbocycles. The molecule has 2 aromatic heterocycles. The van der Waals surface area contributed by atoms with Crippen molar-refractivity contribution in [1.82, 2.24) is 9.97 Å². The first-order valence-electron chi connectivity index (χ1n) is 7.55. The second kappa shape index (κ2) is 6.43. The average molecular weight is 435 g/mol. The van der Waals surface area contributed by atoms with Crippen LogP contribution in [0.4, 0.5) is 10.5 Å². The number of H-pyrrole nitrogens is 1. The molecule has 5 nitrogen and oxygen atoms in total. The third-order valence-corrected chi connectivity index (χ3v) is 4.21. The summed E-state index contributed by atoms with van der Waals surface area (Å²) in [6, 6.07) is 9.72. The van der Waals surface area contributed by atoms with E-state index in [9.17, 15) is 4.79 Å². The van der Waals surface area contributed by atoms with Crippen LogP contribution in [0.1, 0.15) is 20.8 Å². The Hall–Kier alpha value is -2.09. The second-order valence-electron chi connectivity index (χ2n) is 6.46. The Labute approximate surface area is 154 Å². The number of hydrogen-bond acceptors (Lipinski definition) is 3. The molecule has 0 fully saturated rings. The Morgan fingerprint density at radius 2 is 2.04 bits per heavy atom. The van der Waals surface area contributed by atoms with E-state index in [2.05, 4.69) is 43.9 Å². The van der Waals surface area contributed by atoms with E-state index in [0.29, 0.717) is 5.69 Å². The van der Waals surface area contributed by atoms with Crippen LogP contribution in [0.15, 0.2) is 42.7 Å². The number of hydrogen-bond donors (Lipinski definition) is 2. The van der Waals surface area contributed by atoms with Crippen molar-refractivity contribution >= 4 is 45.4 Å². The minimum Gasteiger partial charge on any atom is -0.444 e. The van der Waals surface area contributed by atoms with E-state index in [0.717, 1.165) is 25.7 Å². The molecular formula is C18H18IN3O2. The highest BCUT2D eigenvalue weighted by molar-refractivity contribution is 14.1. The largest absolute Gasteiger partial charge is 0.444 e. The summed E-state index contributed by atoms with van der Waals surface area (Å²) >= 11 is 2.28. The molecule has 1 amide bonds. The maximum atomic E-state index is 11.9. The van der Waals surface area contributed by atoms with Gasteiger partial charge in [0.05, 0.1) is 0 Å². The monoisotopic (exact) mass is 435 g/mol. The van der Waals surface area contributed by atoms with Crippen LogP contribution in [0.5, 0.6) is 0 Å². The molecule has 0 bridgehead atoms. The maximum absolute atomic E-state index is 11.9. The van der Waals surface area contributed by atoms with Crippen molar-refractivity contribution < 1.29 is 9.53 Å². The van der Waals surface area contributed by atoms with Crippen LogP contribution < -0.4 is 5.32 Å². The third-order valence-electron chi connectivity index (χ3n) is 3.32. The lowest BCUT2D eigenvalue weighted by Gasteiger charge is -2.19. The van der Waals surface area contributed by atoms with Crippen molar-refractivity contribution in [2.75, 3.05) is 5.32 Å².